The van der Waals surface area contributed by atoms with E-state index in [1.165, 1.54) is 135 Å². The van der Waals surface area contributed by atoms with Gasteiger partial charge in [0.2, 0.25) is 0 Å². The smallest absolute Gasteiger partial charge is 0.262 e. The van der Waals surface area contributed by atoms with Crippen molar-refractivity contribution in [2.75, 3.05) is 16.6 Å². The fourth-order valence-electron chi connectivity index (χ4n) is 8.46. The summed E-state index contributed by atoms with van der Waals surface area (Å²) in [6.07, 6.45) is 0. The van der Waals surface area contributed by atoms with Gasteiger partial charge in [0.25, 0.3) is 26.0 Å². The molecule has 1 amide bonds. The minimum absolute atomic E-state index is 0.0719. The summed E-state index contributed by atoms with van der Waals surface area (Å²) in [6, 6.07) is 41.2. The second-order valence-electron chi connectivity index (χ2n) is 18.9. The molecule has 0 aliphatic carbocycles. The number of hydrogen-bond acceptors (Lipinski definition) is 13. The first-order valence-electron chi connectivity index (χ1n) is 25.6. The predicted octanol–water partition coefficient (Wildman–Crippen LogP) is 14.4. The molecule has 0 bridgehead atoms. The first-order valence-corrected chi connectivity index (χ1v) is 28.5. The van der Waals surface area contributed by atoms with Gasteiger partial charge < -0.3 is 24.7 Å². The lowest BCUT2D eigenvalue weighted by Crippen LogP contribution is -2.14. The Morgan fingerprint density at radius 1 is 0.471 bits per heavy atom. The van der Waals surface area contributed by atoms with Crippen molar-refractivity contribution in [2.45, 2.75) is 30.6 Å². The van der Waals surface area contributed by atoms with Crippen LogP contribution in [0.15, 0.2) is 186 Å². The van der Waals surface area contributed by atoms with Crippen molar-refractivity contribution in [2.24, 2.45) is 5.73 Å². The minimum atomic E-state index is -4.11. The van der Waals surface area contributed by atoms with E-state index in [4.69, 9.17) is 29.9 Å². The van der Waals surface area contributed by atoms with Crippen LogP contribution in [0.4, 0.5) is 37.7 Å². The number of methoxy groups -OCH3 is 1. The normalized spacial score (nSPS) is 11.1. The van der Waals surface area contributed by atoms with Gasteiger partial charge in [-0.2, -0.15) is 5.26 Å². The lowest BCUT2D eigenvalue weighted by Gasteiger charge is -2.13. The van der Waals surface area contributed by atoms with Crippen LogP contribution in [0.5, 0.6) is 40.2 Å². The topological polar surface area (TPSA) is 235 Å². The van der Waals surface area contributed by atoms with Crippen molar-refractivity contribution in [1.82, 2.24) is 15.0 Å². The summed E-state index contributed by atoms with van der Waals surface area (Å²) in [4.78, 5) is 23.7. The minimum Gasteiger partial charge on any atom is -0.497 e. The number of nitrogens with two attached hydrogens (primary N) is 1. The fourth-order valence-corrected chi connectivity index (χ4v) is 10.7. The zero-order valence-corrected chi connectivity index (χ0v) is 47.5. The number of amides is 1. The maximum absolute atomic E-state index is 14.7. The lowest BCUT2D eigenvalue weighted by atomic mass is 10.1. The number of anilines is 2. The van der Waals surface area contributed by atoms with Crippen molar-refractivity contribution in [3.8, 4) is 46.3 Å². The van der Waals surface area contributed by atoms with Crippen molar-refractivity contribution in [3.05, 3.63) is 239 Å². The SMILES string of the molecule is COc1cccc(S(=O)(=O)Nc2ccc(Oc3cc(C)nc4ccc(F)cc34)cc2F)c1.Cc1cc(Oc2ccc(C(N)=O)c(F)c2)c2cc(F)ccc2n1.Cc1cc(Oc2ccc(NS(=O)(=O)c3cccc(C#N)c3)c(F)c2)c2cc(F)ccc2n1. The number of aromatic nitrogens is 3. The second-order valence-corrected chi connectivity index (χ2v) is 22.3. The molecule has 3 heterocycles. The number of aryl methyl sites for hydroxylation is 3. The zero-order valence-electron chi connectivity index (χ0n) is 45.9. The molecule has 0 radical (unpaired) electrons. The Morgan fingerprint density at radius 3 is 1.24 bits per heavy atom. The summed E-state index contributed by atoms with van der Waals surface area (Å²) in [5.41, 5.74) is 8.02. The first kappa shape index (κ1) is 60.8. The molecule has 0 spiro atoms. The predicted molar refractivity (Wildman–Crippen MR) is 313 cm³/mol. The number of nitrogens with one attached hydrogen (secondary N) is 2. The summed E-state index contributed by atoms with van der Waals surface area (Å²) in [7, 11) is -6.74. The quantitative estimate of drug-likeness (QED) is 0.0861. The lowest BCUT2D eigenvalue weighted by molar-refractivity contribution is 0.0996. The molecule has 87 heavy (non-hydrogen) atoms. The molecule has 0 fully saturated rings. The summed E-state index contributed by atoms with van der Waals surface area (Å²) in [5.74, 6) is -3.04. The van der Waals surface area contributed by atoms with Gasteiger partial charge in [0, 0.05) is 75.7 Å². The van der Waals surface area contributed by atoms with Crippen molar-refractivity contribution < 1.29 is 66.9 Å². The summed E-state index contributed by atoms with van der Waals surface area (Å²) >= 11 is 0. The van der Waals surface area contributed by atoms with E-state index >= 15 is 0 Å². The average Bonchev–Trinajstić information content (AvgIpc) is 2.07. The van der Waals surface area contributed by atoms with E-state index in [9.17, 15) is 48.0 Å². The van der Waals surface area contributed by atoms with Crippen LogP contribution >= 0.6 is 0 Å². The van der Waals surface area contributed by atoms with Crippen molar-refractivity contribution in [1.29, 1.82) is 5.26 Å². The van der Waals surface area contributed by atoms with E-state index < -0.39 is 60.9 Å². The number of fused-ring (bicyclic) bond motifs is 3. The maximum Gasteiger partial charge on any atom is 0.262 e. The zero-order chi connectivity index (χ0) is 62.3. The van der Waals surface area contributed by atoms with Crippen LogP contribution in [0, 0.1) is 67.0 Å². The van der Waals surface area contributed by atoms with Crippen LogP contribution in [0.1, 0.15) is 33.0 Å². The number of carbonyl (C=O) groups is 1. The molecular weight excluding hydrogens is 1180 g/mol. The number of rotatable bonds is 14. The number of hydrogen-bond donors (Lipinski definition) is 3. The Labute approximate surface area is 493 Å². The van der Waals surface area contributed by atoms with E-state index in [0.29, 0.717) is 67.0 Å². The van der Waals surface area contributed by atoms with Gasteiger partial charge in [-0.3, -0.25) is 29.2 Å². The first-order chi connectivity index (χ1) is 41.4. The van der Waals surface area contributed by atoms with Crippen LogP contribution in [0.2, 0.25) is 0 Å². The molecule has 4 N–H and O–H groups in total. The highest BCUT2D eigenvalue weighted by atomic mass is 32.2. The van der Waals surface area contributed by atoms with Gasteiger partial charge >= 0.3 is 0 Å². The molecule has 440 valence electrons. The van der Waals surface area contributed by atoms with Crippen LogP contribution in [-0.2, 0) is 20.0 Å². The number of carbonyl (C=O) groups excluding carboxylic acids is 1. The van der Waals surface area contributed by atoms with E-state index in [0.717, 1.165) is 18.2 Å². The van der Waals surface area contributed by atoms with Crippen molar-refractivity contribution in [3.63, 3.8) is 0 Å². The Morgan fingerprint density at radius 2 is 0.862 bits per heavy atom. The van der Waals surface area contributed by atoms with Gasteiger partial charge in [-0.25, -0.2) is 43.2 Å². The fraction of sp³-hybridized carbons (Fsp3) is 0.0635. The summed E-state index contributed by atoms with van der Waals surface area (Å²) in [6.45, 7) is 5.27. The number of primary amides is 1. The molecular formula is C63H45F6N7O9S2. The molecule has 8 aromatic carbocycles. The van der Waals surface area contributed by atoms with E-state index in [2.05, 4.69) is 24.4 Å². The monoisotopic (exact) mass is 1220 g/mol. The van der Waals surface area contributed by atoms with Gasteiger partial charge in [0.15, 0.2) is 11.6 Å². The third-order valence-electron chi connectivity index (χ3n) is 12.5. The Hall–Kier alpha value is -10.8. The number of pyridine rings is 3. The third kappa shape index (κ3) is 14.8. The number of nitrogens with zero attached hydrogens (tertiary/aromatic N) is 4. The maximum atomic E-state index is 14.7. The van der Waals surface area contributed by atoms with Gasteiger partial charge in [-0.05, 0) is 142 Å². The Balaban J connectivity index is 0.000000158. The molecule has 0 aliphatic heterocycles. The van der Waals surface area contributed by atoms with Crippen LogP contribution in [0.25, 0.3) is 32.7 Å². The number of sulfonamides is 2. The highest BCUT2D eigenvalue weighted by Crippen LogP contribution is 2.36. The molecule has 24 heteroatoms. The second kappa shape index (κ2) is 25.6. The molecule has 3 aromatic heterocycles. The van der Waals surface area contributed by atoms with Gasteiger partial charge in [-0.15, -0.1) is 0 Å². The van der Waals surface area contributed by atoms with Gasteiger partial charge in [0.05, 0.1) is 62.0 Å². The molecule has 0 saturated heterocycles. The van der Waals surface area contributed by atoms with Crippen LogP contribution < -0.4 is 34.1 Å². The molecule has 0 aliphatic rings. The number of nitriles is 1. The van der Waals surface area contributed by atoms with E-state index in [-0.39, 0.29) is 55.3 Å². The van der Waals surface area contributed by atoms with E-state index in [1.807, 2.05) is 6.07 Å². The molecule has 11 rings (SSSR count). The Kier molecular flexibility index (Phi) is 17.9. The van der Waals surface area contributed by atoms with Gasteiger partial charge in [0.1, 0.15) is 63.5 Å². The van der Waals surface area contributed by atoms with Crippen LogP contribution in [0.3, 0.4) is 0 Å². The number of benzene rings is 8. The molecule has 11 aromatic rings. The molecule has 0 unspecified atom stereocenters. The van der Waals surface area contributed by atoms with Gasteiger partial charge in [-0.1, -0.05) is 12.1 Å². The molecule has 0 saturated carbocycles. The summed E-state index contributed by atoms with van der Waals surface area (Å²) in [5, 5.41) is 10.3. The average molecular weight is 1220 g/mol. The number of ether oxygens (including phenoxy) is 4. The third-order valence-corrected chi connectivity index (χ3v) is 15.2. The molecule has 16 nitrogen and oxygen atoms in total. The highest BCUT2D eigenvalue weighted by Gasteiger charge is 2.21. The standard InChI is InChI=1S/C23H15F2N3O3S.C23H18F2N2O4S.C17H12F2N2O2/c1-14-9-23(19-11-16(24)5-7-21(19)27-14)31-17-6-8-22(20(25)12-17)28-32(29,30)18-4-2-3-15(10-18)13-26;1-14-10-23(19-11-15(24)6-8-21(19)26-14)31-17-7-9-22(20(25)13-17)27-32(28,29)18-5-3-4-16(12-18)30-2;1-9-6-16(13-7-10(18)2-5-15(13)21-9)23-11-3-4-12(17(20)22)14(19)8-11/h2-12,28H,1H3;3-13,27H,1-2H3;2-8H,1H3,(H2,20,22). The highest BCUT2D eigenvalue weighted by molar-refractivity contribution is 7.93. The van der Waals surface area contributed by atoms with Crippen molar-refractivity contribution >= 4 is 70.0 Å². The largest absolute Gasteiger partial charge is 0.497 e. The number of halogens is 6. The molecule has 0 atom stereocenters. The van der Waals surface area contributed by atoms with E-state index in [1.54, 1.807) is 51.1 Å². The summed E-state index contributed by atoms with van der Waals surface area (Å²) < 4.78 is 161. The Bertz CT molecular complexity index is 4790. The van der Waals surface area contributed by atoms with Crippen LogP contribution in [-0.4, -0.2) is 44.8 Å².